The van der Waals surface area contributed by atoms with Crippen LogP contribution in [0.4, 0.5) is 0 Å². The molecular weight excluding hydrogens is 366 g/mol. The fraction of sp³-hybridized carbons (Fsp3) is 0.0833. The van der Waals surface area contributed by atoms with Gasteiger partial charge in [-0.1, -0.05) is 48.5 Å². The molecule has 5 heteroatoms. The minimum Gasteiger partial charge on any atom is -0.493 e. The Kier molecular flexibility index (Phi) is 5.12. The van der Waals surface area contributed by atoms with E-state index in [0.717, 1.165) is 22.3 Å². The third-order valence-corrected chi connectivity index (χ3v) is 4.57. The zero-order valence-electron chi connectivity index (χ0n) is 16.1. The molecule has 5 nitrogen and oxygen atoms in total. The highest BCUT2D eigenvalue weighted by molar-refractivity contribution is 6.13. The van der Waals surface area contributed by atoms with Crippen molar-refractivity contribution in [2.45, 2.75) is 0 Å². The largest absolute Gasteiger partial charge is 0.493 e. The van der Waals surface area contributed by atoms with Crippen LogP contribution >= 0.6 is 0 Å². The third-order valence-electron chi connectivity index (χ3n) is 4.57. The lowest BCUT2D eigenvalue weighted by Gasteiger charge is -2.07. The van der Waals surface area contributed by atoms with Gasteiger partial charge in [0.05, 0.1) is 14.2 Å². The Morgan fingerprint density at radius 3 is 2.14 bits per heavy atom. The standard InChI is InChI=1S/C24H19NO4/c1-27-21-13-8-16(15-22(21)28-2)14-20-24(26)29-23(25-20)19-11-9-18(10-12-19)17-6-4-3-5-7-17/h3-15H,1-2H3/b20-14-. The summed E-state index contributed by atoms with van der Waals surface area (Å²) in [5, 5.41) is 0. The van der Waals surface area contributed by atoms with Crippen molar-refractivity contribution in [1.82, 2.24) is 0 Å². The zero-order chi connectivity index (χ0) is 20.2. The van der Waals surface area contributed by atoms with Gasteiger partial charge in [-0.15, -0.1) is 0 Å². The molecule has 3 aromatic rings. The van der Waals surface area contributed by atoms with Crippen LogP contribution in [0.2, 0.25) is 0 Å². The fourth-order valence-corrected chi connectivity index (χ4v) is 3.07. The number of carbonyl (C=O) groups excluding carboxylic acids is 1. The maximum Gasteiger partial charge on any atom is 0.363 e. The first-order chi connectivity index (χ1) is 14.2. The Bertz CT molecular complexity index is 1100. The van der Waals surface area contributed by atoms with Gasteiger partial charge in [-0.2, -0.15) is 0 Å². The highest BCUT2D eigenvalue weighted by Crippen LogP contribution is 2.29. The van der Waals surface area contributed by atoms with E-state index in [-0.39, 0.29) is 5.70 Å². The number of aliphatic imine (C=N–C) groups is 1. The Morgan fingerprint density at radius 1 is 0.793 bits per heavy atom. The van der Waals surface area contributed by atoms with Crippen LogP contribution in [0.25, 0.3) is 17.2 Å². The lowest BCUT2D eigenvalue weighted by Crippen LogP contribution is -2.05. The fourth-order valence-electron chi connectivity index (χ4n) is 3.07. The molecule has 3 aromatic carbocycles. The first-order valence-corrected chi connectivity index (χ1v) is 9.08. The van der Waals surface area contributed by atoms with E-state index in [2.05, 4.69) is 4.99 Å². The molecule has 0 saturated heterocycles. The summed E-state index contributed by atoms with van der Waals surface area (Å²) in [6.45, 7) is 0. The number of cyclic esters (lactones) is 1. The summed E-state index contributed by atoms with van der Waals surface area (Å²) >= 11 is 0. The lowest BCUT2D eigenvalue weighted by molar-refractivity contribution is -0.129. The molecule has 0 unspecified atom stereocenters. The first-order valence-electron chi connectivity index (χ1n) is 9.08. The summed E-state index contributed by atoms with van der Waals surface area (Å²) in [5.41, 5.74) is 3.95. The van der Waals surface area contributed by atoms with Crippen LogP contribution in [-0.4, -0.2) is 26.1 Å². The summed E-state index contributed by atoms with van der Waals surface area (Å²) in [5.74, 6) is 1.00. The zero-order valence-corrected chi connectivity index (χ0v) is 16.1. The molecule has 1 aliphatic heterocycles. The molecule has 29 heavy (non-hydrogen) atoms. The number of hydrogen-bond donors (Lipinski definition) is 0. The van der Waals surface area contributed by atoms with E-state index in [1.807, 2.05) is 60.7 Å². The van der Waals surface area contributed by atoms with Gasteiger partial charge in [0.25, 0.3) is 0 Å². The van der Waals surface area contributed by atoms with Crippen LogP contribution in [0.5, 0.6) is 11.5 Å². The Balaban J connectivity index is 1.60. The van der Waals surface area contributed by atoms with Gasteiger partial charge >= 0.3 is 5.97 Å². The van der Waals surface area contributed by atoms with E-state index in [1.165, 1.54) is 0 Å². The number of methoxy groups -OCH3 is 2. The maximum atomic E-state index is 12.3. The number of nitrogens with zero attached hydrogens (tertiary/aromatic N) is 1. The number of carbonyl (C=O) groups is 1. The van der Waals surface area contributed by atoms with Gasteiger partial charge in [-0.05, 0) is 47.0 Å². The number of ether oxygens (including phenoxy) is 3. The second-order valence-corrected chi connectivity index (χ2v) is 6.39. The van der Waals surface area contributed by atoms with Crippen molar-refractivity contribution in [3.05, 3.63) is 89.6 Å². The average Bonchev–Trinajstić information content (AvgIpc) is 3.14. The van der Waals surface area contributed by atoms with Crippen LogP contribution in [-0.2, 0) is 9.53 Å². The first kappa shape index (κ1) is 18.5. The van der Waals surface area contributed by atoms with Crippen molar-refractivity contribution in [3.8, 4) is 22.6 Å². The van der Waals surface area contributed by atoms with Gasteiger partial charge in [-0.3, -0.25) is 0 Å². The van der Waals surface area contributed by atoms with Crippen LogP contribution in [0.1, 0.15) is 11.1 Å². The van der Waals surface area contributed by atoms with Crippen molar-refractivity contribution in [3.63, 3.8) is 0 Å². The van der Waals surface area contributed by atoms with Crippen molar-refractivity contribution in [2.24, 2.45) is 4.99 Å². The molecular formula is C24H19NO4. The van der Waals surface area contributed by atoms with E-state index >= 15 is 0 Å². The highest BCUT2D eigenvalue weighted by atomic mass is 16.6. The molecule has 0 radical (unpaired) electrons. The molecule has 1 heterocycles. The predicted molar refractivity (Wildman–Crippen MR) is 112 cm³/mol. The van der Waals surface area contributed by atoms with E-state index in [4.69, 9.17) is 14.2 Å². The van der Waals surface area contributed by atoms with Gasteiger partial charge in [0.1, 0.15) is 0 Å². The van der Waals surface area contributed by atoms with E-state index < -0.39 is 5.97 Å². The summed E-state index contributed by atoms with van der Waals surface area (Å²) in [4.78, 5) is 16.6. The van der Waals surface area contributed by atoms with Gasteiger partial charge < -0.3 is 14.2 Å². The molecule has 0 spiro atoms. The number of esters is 1. The maximum absolute atomic E-state index is 12.3. The van der Waals surface area contributed by atoms with Crippen molar-refractivity contribution >= 4 is 17.9 Å². The molecule has 0 bridgehead atoms. The Morgan fingerprint density at radius 2 is 1.45 bits per heavy atom. The second kappa shape index (κ2) is 8.02. The van der Waals surface area contributed by atoms with Gasteiger partial charge in [0, 0.05) is 5.56 Å². The topological polar surface area (TPSA) is 57.1 Å². The number of hydrogen-bond acceptors (Lipinski definition) is 5. The van der Waals surface area contributed by atoms with Gasteiger partial charge in [0.15, 0.2) is 17.2 Å². The molecule has 0 saturated carbocycles. The lowest BCUT2D eigenvalue weighted by atomic mass is 10.0. The molecule has 0 fully saturated rings. The number of benzene rings is 3. The van der Waals surface area contributed by atoms with Crippen molar-refractivity contribution in [1.29, 1.82) is 0 Å². The average molecular weight is 385 g/mol. The van der Waals surface area contributed by atoms with Crippen LogP contribution in [0.3, 0.4) is 0 Å². The Labute approximate surface area is 168 Å². The van der Waals surface area contributed by atoms with E-state index in [1.54, 1.807) is 32.4 Å². The Hall–Kier alpha value is -3.86. The normalized spacial score (nSPS) is 14.5. The molecule has 0 amide bonds. The second-order valence-electron chi connectivity index (χ2n) is 6.39. The van der Waals surface area contributed by atoms with E-state index in [9.17, 15) is 4.79 Å². The van der Waals surface area contributed by atoms with Crippen LogP contribution < -0.4 is 9.47 Å². The number of rotatable bonds is 5. The predicted octanol–water partition coefficient (Wildman–Crippen LogP) is 4.72. The van der Waals surface area contributed by atoms with Crippen molar-refractivity contribution in [2.75, 3.05) is 14.2 Å². The monoisotopic (exact) mass is 385 g/mol. The molecule has 1 aliphatic rings. The summed E-state index contributed by atoms with van der Waals surface area (Å²) in [6, 6.07) is 23.2. The third kappa shape index (κ3) is 3.89. The van der Waals surface area contributed by atoms with Gasteiger partial charge in [-0.25, -0.2) is 9.79 Å². The molecule has 0 aliphatic carbocycles. The molecule has 0 atom stereocenters. The molecule has 4 rings (SSSR count). The SMILES string of the molecule is COc1ccc(/C=C2\N=C(c3ccc(-c4ccccc4)cc3)OC2=O)cc1OC. The van der Waals surface area contributed by atoms with Crippen LogP contribution in [0, 0.1) is 0 Å². The smallest absolute Gasteiger partial charge is 0.363 e. The molecule has 144 valence electrons. The summed E-state index contributed by atoms with van der Waals surface area (Å²) in [6.07, 6.45) is 1.66. The van der Waals surface area contributed by atoms with Crippen molar-refractivity contribution < 1.29 is 19.0 Å². The minimum atomic E-state index is -0.484. The van der Waals surface area contributed by atoms with Gasteiger partial charge in [0.2, 0.25) is 5.90 Å². The highest BCUT2D eigenvalue weighted by Gasteiger charge is 2.24. The molecule has 0 aromatic heterocycles. The van der Waals surface area contributed by atoms with Crippen LogP contribution in [0.15, 0.2) is 83.5 Å². The van der Waals surface area contributed by atoms with E-state index in [0.29, 0.717) is 17.4 Å². The minimum absolute atomic E-state index is 0.236. The quantitative estimate of drug-likeness (QED) is 0.471. The summed E-state index contributed by atoms with van der Waals surface area (Å²) < 4.78 is 15.9. The molecule has 0 N–H and O–H groups in total. The summed E-state index contributed by atoms with van der Waals surface area (Å²) in [7, 11) is 3.14.